The number of urea groups is 1. The minimum absolute atomic E-state index is 0.00811. The van der Waals surface area contributed by atoms with Gasteiger partial charge in [-0.2, -0.15) is 0 Å². The molecule has 3 amide bonds. The van der Waals surface area contributed by atoms with Crippen molar-refractivity contribution < 1.29 is 14.0 Å². The highest BCUT2D eigenvalue weighted by Gasteiger charge is 2.09. The number of rotatable bonds is 9. The number of carbonyl (C=O) groups excluding carboxylic acids is 2. The first-order chi connectivity index (χ1) is 12.1. The van der Waals surface area contributed by atoms with Gasteiger partial charge in [0.05, 0.1) is 12.8 Å². The van der Waals surface area contributed by atoms with Crippen LogP contribution >= 0.6 is 0 Å². The molecule has 134 valence electrons. The van der Waals surface area contributed by atoms with Gasteiger partial charge in [0.15, 0.2) is 0 Å². The molecule has 0 saturated carbocycles. The molecule has 1 aromatic carbocycles. The first-order valence-corrected chi connectivity index (χ1v) is 8.51. The van der Waals surface area contributed by atoms with E-state index in [-0.39, 0.29) is 24.5 Å². The molecule has 1 aromatic heterocycles. The Labute approximate surface area is 148 Å². The lowest BCUT2D eigenvalue weighted by molar-refractivity contribution is -0.120. The van der Waals surface area contributed by atoms with E-state index in [2.05, 4.69) is 16.0 Å². The van der Waals surface area contributed by atoms with Gasteiger partial charge in [0.25, 0.3) is 0 Å². The number of carbonyl (C=O) groups is 2. The van der Waals surface area contributed by atoms with Crippen LogP contribution < -0.4 is 16.0 Å². The fourth-order valence-electron chi connectivity index (χ4n) is 2.37. The molecule has 0 fully saturated rings. The van der Waals surface area contributed by atoms with Crippen molar-refractivity contribution in [2.45, 2.75) is 32.2 Å². The van der Waals surface area contributed by atoms with Crippen LogP contribution in [0.4, 0.5) is 4.79 Å². The zero-order valence-electron chi connectivity index (χ0n) is 14.5. The van der Waals surface area contributed by atoms with Crippen LogP contribution in [-0.2, 0) is 17.6 Å². The molecule has 0 bridgehead atoms. The van der Waals surface area contributed by atoms with Crippen LogP contribution in [-0.4, -0.2) is 31.1 Å². The van der Waals surface area contributed by atoms with E-state index in [0.29, 0.717) is 6.54 Å². The van der Waals surface area contributed by atoms with Gasteiger partial charge in [0.1, 0.15) is 5.76 Å². The molecule has 1 atom stereocenters. The Hall–Kier alpha value is -2.76. The number of hydrogen-bond donors (Lipinski definition) is 3. The summed E-state index contributed by atoms with van der Waals surface area (Å²) in [6.07, 6.45) is 3.93. The molecule has 0 saturated heterocycles. The smallest absolute Gasteiger partial charge is 0.315 e. The minimum Gasteiger partial charge on any atom is -0.469 e. The predicted octanol–water partition coefficient (Wildman–Crippen LogP) is 2.26. The highest BCUT2D eigenvalue weighted by atomic mass is 16.3. The number of furan rings is 1. The normalized spacial score (nSPS) is 11.6. The molecule has 2 aromatic rings. The highest BCUT2D eigenvalue weighted by Crippen LogP contribution is 2.05. The fourth-order valence-corrected chi connectivity index (χ4v) is 2.37. The summed E-state index contributed by atoms with van der Waals surface area (Å²) in [6, 6.07) is 13.3. The van der Waals surface area contributed by atoms with E-state index in [0.717, 1.165) is 25.0 Å². The van der Waals surface area contributed by atoms with Crippen LogP contribution in [0.2, 0.25) is 0 Å². The Kier molecular flexibility index (Phi) is 7.56. The van der Waals surface area contributed by atoms with E-state index in [1.165, 1.54) is 5.56 Å². The van der Waals surface area contributed by atoms with Crippen molar-refractivity contribution in [2.24, 2.45) is 0 Å². The Morgan fingerprint density at radius 1 is 1.04 bits per heavy atom. The van der Waals surface area contributed by atoms with Crippen LogP contribution in [0.1, 0.15) is 24.7 Å². The Morgan fingerprint density at radius 2 is 1.84 bits per heavy atom. The maximum absolute atomic E-state index is 11.8. The highest BCUT2D eigenvalue weighted by molar-refractivity contribution is 5.83. The molecule has 0 spiro atoms. The lowest BCUT2D eigenvalue weighted by Gasteiger charge is -2.14. The second kappa shape index (κ2) is 10.2. The lowest BCUT2D eigenvalue weighted by atomic mass is 10.1. The number of benzene rings is 1. The minimum atomic E-state index is -0.342. The van der Waals surface area contributed by atoms with Crippen molar-refractivity contribution in [1.29, 1.82) is 0 Å². The van der Waals surface area contributed by atoms with E-state index in [1.54, 1.807) is 6.26 Å². The van der Waals surface area contributed by atoms with Crippen LogP contribution in [0.5, 0.6) is 0 Å². The van der Waals surface area contributed by atoms with E-state index in [9.17, 15) is 9.59 Å². The summed E-state index contributed by atoms with van der Waals surface area (Å²) < 4.78 is 5.26. The summed E-state index contributed by atoms with van der Waals surface area (Å²) in [7, 11) is 0. The molecule has 1 unspecified atom stereocenters. The molecular weight excluding hydrogens is 318 g/mol. The van der Waals surface area contributed by atoms with Crippen molar-refractivity contribution in [1.82, 2.24) is 16.0 Å². The summed E-state index contributed by atoms with van der Waals surface area (Å²) >= 11 is 0. The number of hydrogen-bond acceptors (Lipinski definition) is 3. The fraction of sp³-hybridized carbons (Fsp3) is 0.368. The Bertz CT molecular complexity index is 641. The summed E-state index contributed by atoms with van der Waals surface area (Å²) in [5, 5.41) is 8.17. The van der Waals surface area contributed by atoms with Gasteiger partial charge in [-0.05, 0) is 37.5 Å². The van der Waals surface area contributed by atoms with E-state index in [1.807, 2.05) is 49.4 Å². The van der Waals surface area contributed by atoms with E-state index in [4.69, 9.17) is 4.42 Å². The lowest BCUT2D eigenvalue weighted by Crippen LogP contribution is -2.45. The number of aryl methyl sites for hydroxylation is 1. The second-order valence-corrected chi connectivity index (χ2v) is 5.93. The third-order valence-electron chi connectivity index (χ3n) is 3.77. The summed E-state index contributed by atoms with van der Waals surface area (Å²) in [5.41, 5.74) is 1.17. The molecule has 0 radical (unpaired) electrons. The molecule has 0 aliphatic heterocycles. The summed E-state index contributed by atoms with van der Waals surface area (Å²) in [4.78, 5) is 23.5. The zero-order valence-corrected chi connectivity index (χ0v) is 14.5. The third kappa shape index (κ3) is 7.56. The summed E-state index contributed by atoms with van der Waals surface area (Å²) in [5.74, 6) is 0.696. The number of amides is 3. The van der Waals surface area contributed by atoms with Crippen molar-refractivity contribution in [3.8, 4) is 0 Å². The Morgan fingerprint density at radius 3 is 2.56 bits per heavy atom. The third-order valence-corrected chi connectivity index (χ3v) is 3.77. The average Bonchev–Trinajstić information content (AvgIpc) is 3.13. The first kappa shape index (κ1) is 18.6. The monoisotopic (exact) mass is 343 g/mol. The summed E-state index contributed by atoms with van der Waals surface area (Å²) in [6.45, 7) is 2.43. The van der Waals surface area contributed by atoms with Crippen LogP contribution in [0.15, 0.2) is 53.1 Å². The first-order valence-electron chi connectivity index (χ1n) is 8.51. The van der Waals surface area contributed by atoms with Gasteiger partial charge in [0, 0.05) is 19.0 Å². The molecule has 6 heteroatoms. The number of nitrogens with one attached hydrogen (secondary N) is 3. The molecule has 3 N–H and O–H groups in total. The van der Waals surface area contributed by atoms with Crippen molar-refractivity contribution in [3.05, 3.63) is 60.1 Å². The topological polar surface area (TPSA) is 83.4 Å². The zero-order chi connectivity index (χ0) is 17.9. The van der Waals surface area contributed by atoms with Crippen molar-refractivity contribution in [3.63, 3.8) is 0 Å². The van der Waals surface area contributed by atoms with Gasteiger partial charge in [0.2, 0.25) is 5.91 Å². The quantitative estimate of drug-likeness (QED) is 0.653. The van der Waals surface area contributed by atoms with Gasteiger partial charge in [-0.15, -0.1) is 0 Å². The van der Waals surface area contributed by atoms with E-state index >= 15 is 0 Å². The molecule has 25 heavy (non-hydrogen) atoms. The SMILES string of the molecule is CC(CCc1ccco1)NC(=O)NCC(=O)NCCc1ccccc1. The van der Waals surface area contributed by atoms with Crippen molar-refractivity contribution >= 4 is 11.9 Å². The molecule has 2 rings (SSSR count). The maximum atomic E-state index is 11.8. The Balaban J connectivity index is 1.55. The van der Waals surface area contributed by atoms with Gasteiger partial charge in [-0.25, -0.2) is 4.79 Å². The molecule has 1 heterocycles. The van der Waals surface area contributed by atoms with E-state index < -0.39 is 0 Å². The van der Waals surface area contributed by atoms with Crippen LogP contribution in [0.3, 0.4) is 0 Å². The van der Waals surface area contributed by atoms with Crippen LogP contribution in [0.25, 0.3) is 0 Å². The maximum Gasteiger partial charge on any atom is 0.315 e. The molecule has 0 aliphatic carbocycles. The van der Waals surface area contributed by atoms with Crippen molar-refractivity contribution in [2.75, 3.05) is 13.1 Å². The average molecular weight is 343 g/mol. The van der Waals surface area contributed by atoms with Gasteiger partial charge in [-0.1, -0.05) is 30.3 Å². The molecule has 0 aliphatic rings. The van der Waals surface area contributed by atoms with Gasteiger partial charge in [-0.3, -0.25) is 4.79 Å². The largest absolute Gasteiger partial charge is 0.469 e. The molecule has 6 nitrogen and oxygen atoms in total. The van der Waals surface area contributed by atoms with Gasteiger partial charge < -0.3 is 20.4 Å². The predicted molar refractivity (Wildman–Crippen MR) is 96.2 cm³/mol. The second-order valence-electron chi connectivity index (χ2n) is 5.93. The van der Waals surface area contributed by atoms with Crippen LogP contribution in [0, 0.1) is 0 Å². The van der Waals surface area contributed by atoms with Gasteiger partial charge >= 0.3 is 6.03 Å². The molecular formula is C19H25N3O3. The standard InChI is InChI=1S/C19H25N3O3/c1-15(9-10-17-8-5-13-25-17)22-19(24)21-14-18(23)20-12-11-16-6-3-2-4-7-16/h2-8,13,15H,9-12,14H2,1H3,(H,20,23)(H2,21,22,24).